The highest BCUT2D eigenvalue weighted by Crippen LogP contribution is 2.35. The molecule has 6 heteroatoms. The molecule has 3 amide bonds. The van der Waals surface area contributed by atoms with Crippen LogP contribution in [0.25, 0.3) is 0 Å². The van der Waals surface area contributed by atoms with E-state index in [1.54, 1.807) is 13.8 Å². The second kappa shape index (κ2) is 6.22. The van der Waals surface area contributed by atoms with Crippen LogP contribution in [-0.2, 0) is 9.59 Å². The SMILES string of the molecule is CCCC(C)C(CC)(C(=O)O)C(=O)NC(N)=O. The summed E-state index contributed by atoms with van der Waals surface area (Å²) in [6, 6.07) is -1.03. The van der Waals surface area contributed by atoms with Crippen LogP contribution >= 0.6 is 0 Å². The number of nitrogens with two attached hydrogens (primary N) is 1. The number of aliphatic carboxylic acids is 1. The van der Waals surface area contributed by atoms with E-state index in [1.807, 2.05) is 12.2 Å². The fraction of sp³-hybridized carbons (Fsp3) is 0.727. The number of carbonyl (C=O) groups excluding carboxylic acids is 2. The van der Waals surface area contributed by atoms with Crippen molar-refractivity contribution >= 4 is 17.9 Å². The first-order chi connectivity index (χ1) is 7.82. The molecule has 0 aliphatic rings. The molecule has 0 bridgehead atoms. The van der Waals surface area contributed by atoms with Gasteiger partial charge in [0.15, 0.2) is 0 Å². The Morgan fingerprint density at radius 2 is 1.88 bits per heavy atom. The Labute approximate surface area is 101 Å². The van der Waals surface area contributed by atoms with Crippen molar-refractivity contribution in [3.8, 4) is 0 Å². The van der Waals surface area contributed by atoms with E-state index in [4.69, 9.17) is 5.73 Å². The maximum Gasteiger partial charge on any atom is 0.319 e. The van der Waals surface area contributed by atoms with Crippen LogP contribution in [0, 0.1) is 11.3 Å². The summed E-state index contributed by atoms with van der Waals surface area (Å²) in [4.78, 5) is 33.9. The summed E-state index contributed by atoms with van der Waals surface area (Å²) in [5.74, 6) is -2.42. The van der Waals surface area contributed by atoms with Gasteiger partial charge >= 0.3 is 12.0 Å². The third-order valence-electron chi connectivity index (χ3n) is 3.14. The first-order valence-electron chi connectivity index (χ1n) is 5.67. The monoisotopic (exact) mass is 244 g/mol. The van der Waals surface area contributed by atoms with Crippen LogP contribution in [0.15, 0.2) is 0 Å². The van der Waals surface area contributed by atoms with E-state index in [-0.39, 0.29) is 12.3 Å². The second-order valence-corrected chi connectivity index (χ2v) is 4.14. The quantitative estimate of drug-likeness (QED) is 0.607. The van der Waals surface area contributed by atoms with Crippen molar-refractivity contribution in [1.82, 2.24) is 5.32 Å². The molecule has 2 unspecified atom stereocenters. The average molecular weight is 244 g/mol. The second-order valence-electron chi connectivity index (χ2n) is 4.14. The van der Waals surface area contributed by atoms with Crippen molar-refractivity contribution in [3.63, 3.8) is 0 Å². The minimum absolute atomic E-state index is 0.114. The Hall–Kier alpha value is -1.59. The van der Waals surface area contributed by atoms with Crippen molar-refractivity contribution in [1.29, 1.82) is 0 Å². The molecule has 0 saturated heterocycles. The van der Waals surface area contributed by atoms with Gasteiger partial charge in [0.1, 0.15) is 5.41 Å². The van der Waals surface area contributed by atoms with Gasteiger partial charge in [-0.1, -0.05) is 27.2 Å². The lowest BCUT2D eigenvalue weighted by atomic mass is 9.71. The molecular weight excluding hydrogens is 224 g/mol. The third-order valence-corrected chi connectivity index (χ3v) is 3.14. The molecule has 0 aromatic rings. The highest BCUT2D eigenvalue weighted by molar-refractivity contribution is 6.07. The average Bonchev–Trinajstić information content (AvgIpc) is 2.17. The van der Waals surface area contributed by atoms with Gasteiger partial charge in [0.25, 0.3) is 0 Å². The number of carbonyl (C=O) groups is 3. The summed E-state index contributed by atoms with van der Waals surface area (Å²) in [5, 5.41) is 11.2. The Bertz CT molecular complexity index is 317. The minimum atomic E-state index is -1.59. The molecule has 0 rings (SSSR count). The van der Waals surface area contributed by atoms with Gasteiger partial charge in [0, 0.05) is 0 Å². The molecule has 17 heavy (non-hydrogen) atoms. The lowest BCUT2D eigenvalue weighted by Crippen LogP contribution is -2.53. The van der Waals surface area contributed by atoms with E-state index in [2.05, 4.69) is 0 Å². The molecule has 4 N–H and O–H groups in total. The predicted molar refractivity (Wildman–Crippen MR) is 62.2 cm³/mol. The highest BCUT2D eigenvalue weighted by Gasteiger charge is 2.49. The topological polar surface area (TPSA) is 109 Å². The van der Waals surface area contributed by atoms with Gasteiger partial charge in [0.2, 0.25) is 5.91 Å². The smallest absolute Gasteiger partial charge is 0.319 e. The van der Waals surface area contributed by atoms with E-state index in [0.717, 1.165) is 6.42 Å². The summed E-state index contributed by atoms with van der Waals surface area (Å²) in [6.45, 7) is 5.22. The lowest BCUT2D eigenvalue weighted by molar-refractivity contribution is -0.159. The van der Waals surface area contributed by atoms with Crippen LogP contribution in [0.1, 0.15) is 40.0 Å². The molecule has 0 radical (unpaired) electrons. The third kappa shape index (κ3) is 3.18. The number of hydrogen-bond donors (Lipinski definition) is 3. The summed E-state index contributed by atoms with van der Waals surface area (Å²) < 4.78 is 0. The van der Waals surface area contributed by atoms with Gasteiger partial charge < -0.3 is 10.8 Å². The van der Waals surface area contributed by atoms with E-state index in [9.17, 15) is 19.5 Å². The number of hydrogen-bond acceptors (Lipinski definition) is 3. The number of carboxylic acid groups (broad SMARTS) is 1. The van der Waals surface area contributed by atoms with Gasteiger partial charge in [-0.15, -0.1) is 0 Å². The van der Waals surface area contributed by atoms with Crippen LogP contribution in [0.5, 0.6) is 0 Å². The number of amides is 3. The van der Waals surface area contributed by atoms with Crippen molar-refractivity contribution < 1.29 is 19.5 Å². The van der Waals surface area contributed by atoms with Gasteiger partial charge in [0.05, 0.1) is 0 Å². The van der Waals surface area contributed by atoms with Gasteiger partial charge in [-0.3, -0.25) is 14.9 Å². The van der Waals surface area contributed by atoms with Crippen LogP contribution in [-0.4, -0.2) is 23.0 Å². The number of urea groups is 1. The molecule has 0 fully saturated rings. The first-order valence-corrected chi connectivity index (χ1v) is 5.67. The molecule has 0 aromatic carbocycles. The van der Waals surface area contributed by atoms with Crippen LogP contribution in [0.2, 0.25) is 0 Å². The zero-order valence-electron chi connectivity index (χ0n) is 10.4. The highest BCUT2D eigenvalue weighted by atomic mass is 16.4. The number of rotatable bonds is 6. The maximum atomic E-state index is 11.9. The summed E-state index contributed by atoms with van der Waals surface area (Å²) in [5.41, 5.74) is 3.26. The Balaban J connectivity index is 5.27. The fourth-order valence-electron chi connectivity index (χ4n) is 2.09. The van der Waals surface area contributed by atoms with Crippen molar-refractivity contribution in [2.45, 2.75) is 40.0 Å². The number of nitrogens with one attached hydrogen (secondary N) is 1. The zero-order chi connectivity index (χ0) is 13.6. The minimum Gasteiger partial charge on any atom is -0.480 e. The number of primary amides is 1. The van der Waals surface area contributed by atoms with E-state index in [1.165, 1.54) is 0 Å². The normalized spacial score (nSPS) is 15.7. The fourth-order valence-corrected chi connectivity index (χ4v) is 2.09. The van der Waals surface area contributed by atoms with Gasteiger partial charge in [-0.25, -0.2) is 4.79 Å². The van der Waals surface area contributed by atoms with Crippen LogP contribution < -0.4 is 11.1 Å². The summed E-state index contributed by atoms with van der Waals surface area (Å²) in [7, 11) is 0. The number of imide groups is 1. The van der Waals surface area contributed by atoms with E-state index < -0.39 is 23.3 Å². The molecule has 0 heterocycles. The summed E-state index contributed by atoms with van der Waals surface area (Å²) in [6.07, 6.45) is 1.47. The van der Waals surface area contributed by atoms with Crippen LogP contribution in [0.3, 0.4) is 0 Å². The molecule has 0 aromatic heterocycles. The molecule has 2 atom stereocenters. The lowest BCUT2D eigenvalue weighted by Gasteiger charge is -2.32. The Morgan fingerprint density at radius 1 is 1.35 bits per heavy atom. The summed E-state index contributed by atoms with van der Waals surface area (Å²) >= 11 is 0. The molecule has 0 aliphatic heterocycles. The molecule has 6 nitrogen and oxygen atoms in total. The maximum absolute atomic E-state index is 11.9. The van der Waals surface area contributed by atoms with Gasteiger partial charge in [-0.05, 0) is 18.8 Å². The molecule has 0 saturated carbocycles. The van der Waals surface area contributed by atoms with Crippen LogP contribution in [0.4, 0.5) is 4.79 Å². The Kier molecular flexibility index (Phi) is 5.64. The molecular formula is C11H20N2O4. The largest absolute Gasteiger partial charge is 0.480 e. The molecule has 98 valence electrons. The number of carboxylic acids is 1. The predicted octanol–water partition coefficient (Wildman–Crippen LogP) is 1.10. The van der Waals surface area contributed by atoms with Crippen molar-refractivity contribution in [2.24, 2.45) is 17.1 Å². The molecule has 0 spiro atoms. The zero-order valence-corrected chi connectivity index (χ0v) is 10.4. The van der Waals surface area contributed by atoms with E-state index in [0.29, 0.717) is 6.42 Å². The molecule has 0 aliphatic carbocycles. The standard InChI is InChI=1S/C11H20N2O4/c1-4-6-7(3)11(5-2,9(15)16)8(14)13-10(12)17/h7H,4-6H2,1-3H3,(H,15,16)(H3,12,13,14,17). The van der Waals surface area contributed by atoms with Gasteiger partial charge in [-0.2, -0.15) is 0 Å². The Morgan fingerprint density at radius 3 is 2.18 bits per heavy atom. The first kappa shape index (κ1) is 15.4. The van der Waals surface area contributed by atoms with Crippen molar-refractivity contribution in [3.05, 3.63) is 0 Å². The van der Waals surface area contributed by atoms with E-state index >= 15 is 0 Å². The van der Waals surface area contributed by atoms with Crippen molar-refractivity contribution in [2.75, 3.05) is 0 Å².